The van der Waals surface area contributed by atoms with E-state index in [0.29, 0.717) is 25.0 Å². The van der Waals surface area contributed by atoms with Gasteiger partial charge in [0.2, 0.25) is 0 Å². The highest BCUT2D eigenvalue weighted by Crippen LogP contribution is 2.13. The molecule has 0 saturated heterocycles. The largest absolute Gasteiger partial charge is 0.359 e. The van der Waals surface area contributed by atoms with Crippen molar-refractivity contribution in [2.75, 3.05) is 7.05 Å². The predicted octanol–water partition coefficient (Wildman–Crippen LogP) is 0.792. The smallest absolute Gasteiger partial charge is 0.191 e. The van der Waals surface area contributed by atoms with Gasteiger partial charge in [0.1, 0.15) is 12.2 Å². The van der Waals surface area contributed by atoms with Crippen LogP contribution in [-0.4, -0.2) is 32.9 Å². The molecule has 8 heteroatoms. The van der Waals surface area contributed by atoms with E-state index < -0.39 is 0 Å². The van der Waals surface area contributed by atoms with Crippen LogP contribution in [0.4, 0.5) is 0 Å². The molecular weight excluding hydrogens is 270 g/mol. The quantitative estimate of drug-likeness (QED) is 0.625. The zero-order valence-corrected chi connectivity index (χ0v) is 12.8. The summed E-state index contributed by atoms with van der Waals surface area (Å²) in [7, 11) is 3.56. The molecule has 0 aromatic carbocycles. The molecule has 8 nitrogen and oxygen atoms in total. The van der Waals surface area contributed by atoms with Crippen LogP contribution in [0.15, 0.2) is 21.9 Å². The minimum absolute atomic E-state index is 0.357. The minimum Gasteiger partial charge on any atom is -0.359 e. The van der Waals surface area contributed by atoms with Gasteiger partial charge in [0.25, 0.3) is 0 Å². The van der Waals surface area contributed by atoms with Gasteiger partial charge in [0, 0.05) is 20.2 Å². The van der Waals surface area contributed by atoms with E-state index >= 15 is 0 Å². The average Bonchev–Trinajstić information content (AvgIpc) is 3.08. The van der Waals surface area contributed by atoms with E-state index in [2.05, 4.69) is 44.7 Å². The summed E-state index contributed by atoms with van der Waals surface area (Å²) in [6.07, 6.45) is 1.52. The Balaban J connectivity index is 1.83. The predicted molar refractivity (Wildman–Crippen MR) is 78.6 cm³/mol. The van der Waals surface area contributed by atoms with Gasteiger partial charge in [-0.15, -0.1) is 0 Å². The Bertz CT molecular complexity index is 599. The van der Waals surface area contributed by atoms with Crippen LogP contribution in [0.5, 0.6) is 0 Å². The number of rotatable bonds is 5. The van der Waals surface area contributed by atoms with Gasteiger partial charge in [-0.1, -0.05) is 19.0 Å². The first kappa shape index (κ1) is 15.0. The lowest BCUT2D eigenvalue weighted by Gasteiger charge is -2.09. The molecule has 0 aliphatic carbocycles. The normalized spacial score (nSPS) is 12.0. The second-order valence-corrected chi connectivity index (χ2v) is 4.95. The summed E-state index contributed by atoms with van der Waals surface area (Å²) < 4.78 is 6.98. The topological polar surface area (TPSA) is 93.2 Å². The van der Waals surface area contributed by atoms with Crippen molar-refractivity contribution in [2.45, 2.75) is 32.9 Å². The number of aromatic nitrogens is 4. The van der Waals surface area contributed by atoms with Crippen molar-refractivity contribution in [3.63, 3.8) is 0 Å². The molecule has 21 heavy (non-hydrogen) atoms. The molecule has 0 bridgehead atoms. The Morgan fingerprint density at radius 1 is 1.38 bits per heavy atom. The van der Waals surface area contributed by atoms with E-state index in [4.69, 9.17) is 4.52 Å². The summed E-state index contributed by atoms with van der Waals surface area (Å²) in [5, 5.41) is 14.4. The molecule has 0 spiro atoms. The average molecular weight is 291 g/mol. The zero-order chi connectivity index (χ0) is 15.2. The summed E-state index contributed by atoms with van der Waals surface area (Å²) >= 11 is 0. The molecule has 2 aromatic rings. The molecule has 0 aliphatic rings. The van der Waals surface area contributed by atoms with Crippen molar-refractivity contribution in [3.8, 4) is 0 Å². The summed E-state index contributed by atoms with van der Waals surface area (Å²) in [5.74, 6) is 2.64. The monoisotopic (exact) mass is 291 g/mol. The van der Waals surface area contributed by atoms with Crippen LogP contribution in [0.25, 0.3) is 0 Å². The highest BCUT2D eigenvalue weighted by atomic mass is 16.5. The highest BCUT2D eigenvalue weighted by Gasteiger charge is 2.08. The van der Waals surface area contributed by atoms with E-state index in [1.165, 1.54) is 6.33 Å². The molecule has 2 heterocycles. The summed E-state index contributed by atoms with van der Waals surface area (Å²) in [4.78, 5) is 8.29. The Morgan fingerprint density at radius 3 is 2.71 bits per heavy atom. The van der Waals surface area contributed by atoms with E-state index in [1.54, 1.807) is 11.7 Å². The second-order valence-electron chi connectivity index (χ2n) is 4.95. The number of aliphatic imine (C=N–C) groups is 1. The van der Waals surface area contributed by atoms with Crippen LogP contribution >= 0.6 is 0 Å². The standard InChI is InChI=1S/C13H21N7O/c1-9(2)11-5-10(21-19-11)6-15-13(14-3)16-7-12-17-8-18-20(12)4/h5,8-9H,6-7H2,1-4H3,(H2,14,15,16). The van der Waals surface area contributed by atoms with Gasteiger partial charge in [-0.05, 0) is 5.92 Å². The van der Waals surface area contributed by atoms with Crippen molar-refractivity contribution in [3.05, 3.63) is 29.7 Å². The van der Waals surface area contributed by atoms with E-state index in [9.17, 15) is 0 Å². The van der Waals surface area contributed by atoms with Crippen LogP contribution < -0.4 is 10.6 Å². The fourth-order valence-electron chi connectivity index (χ4n) is 1.72. The molecule has 2 N–H and O–H groups in total. The Hall–Kier alpha value is -2.38. The number of hydrogen-bond acceptors (Lipinski definition) is 5. The van der Waals surface area contributed by atoms with E-state index in [1.807, 2.05) is 13.1 Å². The fourth-order valence-corrected chi connectivity index (χ4v) is 1.72. The number of aryl methyl sites for hydroxylation is 1. The lowest BCUT2D eigenvalue weighted by Crippen LogP contribution is -2.36. The molecule has 2 aromatic heterocycles. The van der Waals surface area contributed by atoms with Gasteiger partial charge >= 0.3 is 0 Å². The third-order valence-electron chi connectivity index (χ3n) is 3.04. The molecular formula is C13H21N7O. The first-order valence-electron chi connectivity index (χ1n) is 6.83. The molecule has 0 unspecified atom stereocenters. The number of nitrogens with one attached hydrogen (secondary N) is 2. The maximum absolute atomic E-state index is 5.27. The van der Waals surface area contributed by atoms with Gasteiger partial charge in [0.15, 0.2) is 11.7 Å². The van der Waals surface area contributed by atoms with Crippen molar-refractivity contribution < 1.29 is 4.52 Å². The summed E-state index contributed by atoms with van der Waals surface area (Å²) in [6, 6.07) is 1.95. The van der Waals surface area contributed by atoms with Gasteiger partial charge in [0.05, 0.1) is 18.8 Å². The lowest BCUT2D eigenvalue weighted by molar-refractivity contribution is 0.372. The zero-order valence-electron chi connectivity index (χ0n) is 12.8. The first-order valence-corrected chi connectivity index (χ1v) is 6.83. The molecule has 0 fully saturated rings. The van der Waals surface area contributed by atoms with Crippen LogP contribution in [-0.2, 0) is 20.1 Å². The minimum atomic E-state index is 0.357. The number of hydrogen-bond donors (Lipinski definition) is 2. The third kappa shape index (κ3) is 4.04. The molecule has 114 valence electrons. The van der Waals surface area contributed by atoms with Gasteiger partial charge in [-0.2, -0.15) is 5.10 Å². The van der Waals surface area contributed by atoms with Gasteiger partial charge < -0.3 is 15.2 Å². The molecule has 0 aliphatic heterocycles. The molecule has 0 saturated carbocycles. The summed E-state index contributed by atoms with van der Waals surface area (Å²) in [6.45, 7) is 5.23. The van der Waals surface area contributed by atoms with Crippen LogP contribution in [0.3, 0.4) is 0 Å². The number of nitrogens with zero attached hydrogens (tertiary/aromatic N) is 5. The van der Waals surface area contributed by atoms with Crippen molar-refractivity contribution >= 4 is 5.96 Å². The van der Waals surface area contributed by atoms with Crippen molar-refractivity contribution in [2.24, 2.45) is 12.0 Å². The Kier molecular flexibility index (Phi) is 4.91. The Morgan fingerprint density at radius 2 is 2.14 bits per heavy atom. The van der Waals surface area contributed by atoms with Crippen LogP contribution in [0.2, 0.25) is 0 Å². The first-order chi connectivity index (χ1) is 10.1. The summed E-state index contributed by atoms with van der Waals surface area (Å²) in [5.41, 5.74) is 0.953. The maximum Gasteiger partial charge on any atom is 0.191 e. The molecule has 0 atom stereocenters. The van der Waals surface area contributed by atoms with Crippen LogP contribution in [0.1, 0.15) is 37.0 Å². The molecule has 0 radical (unpaired) electrons. The molecule has 0 amide bonds. The van der Waals surface area contributed by atoms with E-state index in [-0.39, 0.29) is 0 Å². The second kappa shape index (κ2) is 6.87. The lowest BCUT2D eigenvalue weighted by atomic mass is 10.1. The van der Waals surface area contributed by atoms with Gasteiger partial charge in [-0.3, -0.25) is 9.67 Å². The van der Waals surface area contributed by atoms with Crippen molar-refractivity contribution in [1.82, 2.24) is 30.6 Å². The SMILES string of the molecule is CN=C(NCc1cc(C(C)C)no1)NCc1ncnn1C. The Labute approximate surface area is 123 Å². The van der Waals surface area contributed by atoms with E-state index in [0.717, 1.165) is 17.3 Å². The highest BCUT2D eigenvalue weighted by molar-refractivity contribution is 5.79. The van der Waals surface area contributed by atoms with Gasteiger partial charge in [-0.25, -0.2) is 4.98 Å². The molecule has 2 rings (SSSR count). The number of guanidine groups is 1. The van der Waals surface area contributed by atoms with Crippen molar-refractivity contribution in [1.29, 1.82) is 0 Å². The van der Waals surface area contributed by atoms with Crippen LogP contribution in [0, 0.1) is 0 Å². The fraction of sp³-hybridized carbons (Fsp3) is 0.538. The maximum atomic E-state index is 5.27. The third-order valence-corrected chi connectivity index (χ3v) is 3.04.